The SMILES string of the molecule is CCCCCCCCCCCCn1c(NN=CC=Cc2ccc([N+](=O)[O-])o2)nc2c1c(=O)[nH]c(=O)n2C. The molecular weight excluding hydrogens is 478 g/mol. The Morgan fingerprint density at radius 1 is 1.11 bits per heavy atom. The van der Waals surface area contributed by atoms with Gasteiger partial charge in [0.1, 0.15) is 10.7 Å². The van der Waals surface area contributed by atoms with Crippen molar-refractivity contribution in [3.63, 3.8) is 0 Å². The van der Waals surface area contributed by atoms with E-state index >= 15 is 0 Å². The number of anilines is 1. The fraction of sp³-hybridized carbons (Fsp3) is 0.520. The molecule has 0 saturated heterocycles. The molecule has 0 aliphatic carbocycles. The van der Waals surface area contributed by atoms with Crippen LogP contribution in [0.5, 0.6) is 0 Å². The van der Waals surface area contributed by atoms with Crippen molar-refractivity contribution >= 4 is 35.3 Å². The quantitative estimate of drug-likeness (QED) is 0.119. The van der Waals surface area contributed by atoms with E-state index in [4.69, 9.17) is 4.42 Å². The van der Waals surface area contributed by atoms with E-state index < -0.39 is 16.2 Å². The zero-order valence-electron chi connectivity index (χ0n) is 21.4. The first-order valence-electron chi connectivity index (χ1n) is 12.8. The summed E-state index contributed by atoms with van der Waals surface area (Å²) < 4.78 is 8.09. The number of aromatic amines is 1. The van der Waals surface area contributed by atoms with Crippen LogP contribution in [0.2, 0.25) is 0 Å². The van der Waals surface area contributed by atoms with Gasteiger partial charge in [-0.05, 0) is 24.6 Å². The van der Waals surface area contributed by atoms with E-state index in [1.807, 2.05) is 0 Å². The Bertz CT molecular complexity index is 1350. The fourth-order valence-electron chi connectivity index (χ4n) is 4.10. The number of furan rings is 1. The van der Waals surface area contributed by atoms with E-state index in [1.165, 1.54) is 73.9 Å². The number of hydrogen-bond acceptors (Lipinski definition) is 8. The van der Waals surface area contributed by atoms with Crippen molar-refractivity contribution in [3.8, 4) is 0 Å². The smallest absolute Gasteiger partial charge is 0.401 e. The molecule has 0 spiro atoms. The second-order valence-electron chi connectivity index (χ2n) is 8.94. The molecule has 3 aromatic heterocycles. The predicted molar refractivity (Wildman–Crippen MR) is 144 cm³/mol. The molecule has 0 amide bonds. The highest BCUT2D eigenvalue weighted by atomic mass is 16.6. The van der Waals surface area contributed by atoms with Crippen LogP contribution < -0.4 is 16.7 Å². The number of aromatic nitrogens is 4. The molecule has 3 rings (SSSR count). The number of nitrogens with one attached hydrogen (secondary N) is 2. The molecule has 12 nitrogen and oxygen atoms in total. The number of allylic oxidation sites excluding steroid dienone is 1. The van der Waals surface area contributed by atoms with Gasteiger partial charge in [0.15, 0.2) is 11.2 Å². The van der Waals surface area contributed by atoms with Gasteiger partial charge in [0.25, 0.3) is 5.56 Å². The summed E-state index contributed by atoms with van der Waals surface area (Å²) in [5, 5.41) is 14.8. The van der Waals surface area contributed by atoms with Gasteiger partial charge in [-0.2, -0.15) is 10.1 Å². The first-order chi connectivity index (χ1) is 17.9. The third-order valence-electron chi connectivity index (χ3n) is 6.12. The van der Waals surface area contributed by atoms with Crippen LogP contribution in [0.25, 0.3) is 17.2 Å². The highest BCUT2D eigenvalue weighted by Crippen LogP contribution is 2.18. The lowest BCUT2D eigenvalue weighted by Gasteiger charge is -2.08. The van der Waals surface area contributed by atoms with Crippen LogP contribution >= 0.6 is 0 Å². The van der Waals surface area contributed by atoms with Gasteiger partial charge in [-0.25, -0.2) is 10.2 Å². The Morgan fingerprint density at radius 2 is 1.78 bits per heavy atom. The Balaban J connectivity index is 1.62. The summed E-state index contributed by atoms with van der Waals surface area (Å²) in [6.07, 6.45) is 16.5. The molecule has 12 heteroatoms. The van der Waals surface area contributed by atoms with Crippen LogP contribution in [0, 0.1) is 10.1 Å². The average molecular weight is 514 g/mol. The number of nitro groups is 1. The summed E-state index contributed by atoms with van der Waals surface area (Å²) in [6, 6.07) is 2.75. The third-order valence-corrected chi connectivity index (χ3v) is 6.12. The molecule has 0 aliphatic heterocycles. The van der Waals surface area contributed by atoms with Crippen LogP contribution in [0.1, 0.15) is 76.9 Å². The Kier molecular flexibility index (Phi) is 10.4. The molecule has 0 atom stereocenters. The molecule has 0 radical (unpaired) electrons. The maximum atomic E-state index is 12.6. The molecule has 2 N–H and O–H groups in total. The Hall–Kier alpha value is -3.96. The highest BCUT2D eigenvalue weighted by molar-refractivity contribution is 5.78. The van der Waals surface area contributed by atoms with Gasteiger partial charge in [-0.1, -0.05) is 64.7 Å². The van der Waals surface area contributed by atoms with Crippen molar-refractivity contribution in [1.29, 1.82) is 0 Å². The summed E-state index contributed by atoms with van der Waals surface area (Å²) in [6.45, 7) is 2.78. The van der Waals surface area contributed by atoms with Crippen molar-refractivity contribution in [2.45, 2.75) is 77.7 Å². The van der Waals surface area contributed by atoms with Crippen LogP contribution in [-0.4, -0.2) is 30.2 Å². The van der Waals surface area contributed by atoms with Gasteiger partial charge in [0, 0.05) is 19.8 Å². The number of fused-ring (bicyclic) bond motifs is 1. The van der Waals surface area contributed by atoms with Crippen molar-refractivity contribution in [1.82, 2.24) is 19.1 Å². The van der Waals surface area contributed by atoms with E-state index in [0.717, 1.165) is 19.3 Å². The minimum Gasteiger partial charge on any atom is -0.401 e. The zero-order valence-corrected chi connectivity index (χ0v) is 21.4. The summed E-state index contributed by atoms with van der Waals surface area (Å²) in [4.78, 5) is 41.5. The molecule has 0 fully saturated rings. The van der Waals surface area contributed by atoms with E-state index in [-0.39, 0.29) is 11.5 Å². The zero-order chi connectivity index (χ0) is 26.6. The number of H-pyrrole nitrogens is 1. The summed E-state index contributed by atoms with van der Waals surface area (Å²) in [5.41, 5.74) is 2.40. The van der Waals surface area contributed by atoms with Gasteiger partial charge in [0.05, 0.1) is 6.07 Å². The van der Waals surface area contributed by atoms with Crippen LogP contribution in [0.15, 0.2) is 37.3 Å². The normalized spacial score (nSPS) is 11.8. The molecule has 3 heterocycles. The van der Waals surface area contributed by atoms with Crippen molar-refractivity contribution < 1.29 is 9.34 Å². The first kappa shape index (κ1) is 27.6. The fourth-order valence-corrected chi connectivity index (χ4v) is 4.10. The number of nitrogens with zero attached hydrogens (tertiary/aromatic N) is 5. The highest BCUT2D eigenvalue weighted by Gasteiger charge is 2.17. The van der Waals surface area contributed by atoms with E-state index in [0.29, 0.717) is 23.8 Å². The Labute approximate surface area is 214 Å². The number of hydrazone groups is 1. The lowest BCUT2D eigenvalue weighted by Crippen LogP contribution is -2.29. The number of aryl methyl sites for hydroxylation is 2. The van der Waals surface area contributed by atoms with Gasteiger partial charge < -0.3 is 8.98 Å². The molecule has 3 aromatic rings. The molecule has 0 aromatic carbocycles. The predicted octanol–water partition coefficient (Wildman–Crippen LogP) is 4.96. The average Bonchev–Trinajstić information content (AvgIpc) is 3.49. The second-order valence-corrected chi connectivity index (χ2v) is 8.94. The molecule has 200 valence electrons. The van der Waals surface area contributed by atoms with Crippen molar-refractivity contribution in [2.75, 3.05) is 5.43 Å². The molecule has 37 heavy (non-hydrogen) atoms. The lowest BCUT2D eigenvalue weighted by molar-refractivity contribution is -0.402. The van der Waals surface area contributed by atoms with E-state index in [9.17, 15) is 19.7 Å². The van der Waals surface area contributed by atoms with Crippen LogP contribution in [0.3, 0.4) is 0 Å². The van der Waals surface area contributed by atoms with E-state index in [1.54, 1.807) is 17.7 Å². The molecule has 0 unspecified atom stereocenters. The summed E-state index contributed by atoms with van der Waals surface area (Å²) in [7, 11) is 1.55. The van der Waals surface area contributed by atoms with Gasteiger partial charge in [-0.3, -0.25) is 24.5 Å². The van der Waals surface area contributed by atoms with Crippen LogP contribution in [-0.2, 0) is 13.6 Å². The lowest BCUT2D eigenvalue weighted by atomic mass is 10.1. The van der Waals surface area contributed by atoms with Gasteiger partial charge in [-0.15, -0.1) is 0 Å². The maximum Gasteiger partial charge on any atom is 0.433 e. The molecule has 0 bridgehead atoms. The largest absolute Gasteiger partial charge is 0.433 e. The Morgan fingerprint density at radius 3 is 2.43 bits per heavy atom. The number of rotatable bonds is 16. The first-order valence-corrected chi connectivity index (χ1v) is 12.8. The number of unbranched alkanes of at least 4 members (excludes halogenated alkanes) is 9. The molecule has 0 saturated carbocycles. The topological polar surface area (TPSA) is 153 Å². The summed E-state index contributed by atoms with van der Waals surface area (Å²) in [5.74, 6) is 0.315. The number of hydrogen-bond donors (Lipinski definition) is 2. The molecular formula is C25H35N7O5. The second kappa shape index (κ2) is 14.0. The van der Waals surface area contributed by atoms with Crippen molar-refractivity contribution in [3.05, 3.63) is 54.9 Å². The minimum absolute atomic E-state index is 0.275. The molecule has 0 aliphatic rings. The van der Waals surface area contributed by atoms with Gasteiger partial charge >= 0.3 is 11.6 Å². The van der Waals surface area contributed by atoms with Gasteiger partial charge in [0.2, 0.25) is 5.95 Å². The number of imidazole rings is 1. The third kappa shape index (κ3) is 7.76. The van der Waals surface area contributed by atoms with Crippen LogP contribution in [0.4, 0.5) is 11.8 Å². The standard InChI is InChI=1S/C25H35N7O5/c1-3-4-5-6-7-8-9-10-11-12-18-31-21-22(30(2)25(34)28-23(21)33)27-24(31)29-26-17-13-14-19-15-16-20(37-19)32(35)36/h13-17H,3-12,18H2,1-2H3,(H,27,29)(H,28,33,34). The monoisotopic (exact) mass is 513 g/mol. The van der Waals surface area contributed by atoms with Crippen molar-refractivity contribution in [2.24, 2.45) is 12.1 Å². The summed E-state index contributed by atoms with van der Waals surface area (Å²) >= 11 is 0. The minimum atomic E-state index is -0.610. The maximum absolute atomic E-state index is 12.6. The van der Waals surface area contributed by atoms with E-state index in [2.05, 4.69) is 27.4 Å².